The second-order valence-electron chi connectivity index (χ2n) is 8.11. The van der Waals surface area contributed by atoms with Gasteiger partial charge in [0.05, 0.1) is 10.4 Å². The molecule has 4 rings (SSSR count). The van der Waals surface area contributed by atoms with E-state index in [9.17, 15) is 13.2 Å². The van der Waals surface area contributed by atoms with Crippen molar-refractivity contribution in [3.05, 3.63) is 65.7 Å². The average molecular weight is 413 g/mol. The van der Waals surface area contributed by atoms with E-state index in [1.54, 1.807) is 16.4 Å². The molecule has 1 saturated heterocycles. The summed E-state index contributed by atoms with van der Waals surface area (Å²) in [7, 11) is -3.38. The molecular formula is C23H28N2O3S. The Balaban J connectivity index is 1.35. The largest absolute Gasteiger partial charge is 0.347 e. The van der Waals surface area contributed by atoms with Crippen LogP contribution in [-0.2, 0) is 26.8 Å². The van der Waals surface area contributed by atoms with E-state index in [0.717, 1.165) is 37.7 Å². The van der Waals surface area contributed by atoms with Crippen LogP contribution in [0.2, 0.25) is 0 Å². The zero-order valence-corrected chi connectivity index (χ0v) is 17.5. The summed E-state index contributed by atoms with van der Waals surface area (Å²) in [6.45, 7) is 1.21. The Morgan fingerprint density at radius 3 is 2.17 bits per heavy atom. The van der Waals surface area contributed by atoms with Gasteiger partial charge in [-0.1, -0.05) is 42.5 Å². The maximum Gasteiger partial charge on any atom is 0.243 e. The molecule has 1 N–H and O–H groups in total. The second kappa shape index (κ2) is 8.28. The van der Waals surface area contributed by atoms with E-state index in [2.05, 4.69) is 17.4 Å². The Hall–Kier alpha value is -2.18. The summed E-state index contributed by atoms with van der Waals surface area (Å²) in [6, 6.07) is 17.2. The first-order valence-corrected chi connectivity index (χ1v) is 11.9. The molecule has 1 aliphatic heterocycles. The van der Waals surface area contributed by atoms with Crippen LogP contribution >= 0.6 is 0 Å². The van der Waals surface area contributed by atoms with Crippen LogP contribution in [0.25, 0.3) is 0 Å². The van der Waals surface area contributed by atoms with Crippen molar-refractivity contribution in [2.24, 2.45) is 0 Å². The third kappa shape index (κ3) is 4.23. The van der Waals surface area contributed by atoms with E-state index in [1.165, 1.54) is 5.56 Å². The number of carbonyl (C=O) groups is 1. The molecule has 29 heavy (non-hydrogen) atoms. The number of hydrogen-bond donors (Lipinski definition) is 1. The number of hydrogen-bond acceptors (Lipinski definition) is 3. The van der Waals surface area contributed by atoms with Crippen molar-refractivity contribution in [1.82, 2.24) is 9.62 Å². The van der Waals surface area contributed by atoms with Crippen molar-refractivity contribution >= 4 is 15.9 Å². The van der Waals surface area contributed by atoms with Crippen molar-refractivity contribution in [3.8, 4) is 0 Å². The number of nitrogens with zero attached hydrogens (tertiary/aromatic N) is 1. The van der Waals surface area contributed by atoms with E-state index in [0.29, 0.717) is 30.8 Å². The summed E-state index contributed by atoms with van der Waals surface area (Å²) >= 11 is 0. The highest BCUT2D eigenvalue weighted by atomic mass is 32.2. The molecule has 0 radical (unpaired) electrons. The lowest BCUT2D eigenvalue weighted by Gasteiger charge is -2.43. The Labute approximate surface area is 173 Å². The van der Waals surface area contributed by atoms with Gasteiger partial charge in [-0.25, -0.2) is 8.42 Å². The molecule has 2 aromatic rings. The standard InChI is InChI=1S/C23H28N2O3S/c26-22(24-23(15-6-16-23)20-7-2-1-3-8-20)14-11-19-9-12-21(13-10-19)29(27,28)25-17-4-5-18-25/h1-3,7-10,12-13H,4-6,11,14-18H2,(H,24,26). The van der Waals surface area contributed by atoms with Crippen LogP contribution in [0.4, 0.5) is 0 Å². The van der Waals surface area contributed by atoms with Crippen molar-refractivity contribution < 1.29 is 13.2 Å². The van der Waals surface area contributed by atoms with Crippen LogP contribution in [0.15, 0.2) is 59.5 Å². The predicted octanol–water partition coefficient (Wildman–Crippen LogP) is 3.60. The number of aryl methyl sites for hydroxylation is 1. The Morgan fingerprint density at radius 2 is 1.59 bits per heavy atom. The molecule has 2 aromatic carbocycles. The first-order valence-electron chi connectivity index (χ1n) is 10.5. The zero-order valence-electron chi connectivity index (χ0n) is 16.6. The zero-order chi connectivity index (χ0) is 20.3. The third-order valence-electron chi connectivity index (χ3n) is 6.18. The average Bonchev–Trinajstić information content (AvgIpc) is 3.26. The summed E-state index contributed by atoms with van der Waals surface area (Å²) in [5.74, 6) is 0.0438. The lowest BCUT2D eigenvalue weighted by atomic mass is 9.71. The molecule has 0 atom stereocenters. The van der Waals surface area contributed by atoms with Gasteiger partial charge in [0, 0.05) is 19.5 Å². The van der Waals surface area contributed by atoms with Crippen molar-refractivity contribution in [2.45, 2.75) is 55.4 Å². The fraction of sp³-hybridized carbons (Fsp3) is 0.435. The maximum atomic E-state index is 12.6. The molecule has 1 aliphatic carbocycles. The number of sulfonamides is 1. The highest BCUT2D eigenvalue weighted by Gasteiger charge is 2.39. The number of amides is 1. The van der Waals surface area contributed by atoms with Crippen molar-refractivity contribution in [1.29, 1.82) is 0 Å². The fourth-order valence-corrected chi connectivity index (χ4v) is 5.78. The van der Waals surface area contributed by atoms with E-state index < -0.39 is 10.0 Å². The van der Waals surface area contributed by atoms with Gasteiger partial charge in [0.1, 0.15) is 0 Å². The van der Waals surface area contributed by atoms with Gasteiger partial charge < -0.3 is 5.32 Å². The van der Waals surface area contributed by atoms with Gasteiger partial charge in [-0.15, -0.1) is 0 Å². The van der Waals surface area contributed by atoms with E-state index in [1.807, 2.05) is 30.3 Å². The number of carbonyl (C=O) groups excluding carboxylic acids is 1. The second-order valence-corrected chi connectivity index (χ2v) is 10.0. The van der Waals surface area contributed by atoms with Crippen LogP contribution < -0.4 is 5.32 Å². The SMILES string of the molecule is O=C(CCc1ccc(S(=O)(=O)N2CCCC2)cc1)NC1(c2ccccc2)CCC1. The van der Waals surface area contributed by atoms with Crippen LogP contribution in [0.1, 0.15) is 49.7 Å². The normalized spacial score (nSPS) is 18.9. The number of benzene rings is 2. The maximum absolute atomic E-state index is 12.6. The molecule has 2 aliphatic rings. The van der Waals surface area contributed by atoms with Crippen LogP contribution in [-0.4, -0.2) is 31.7 Å². The molecule has 0 bridgehead atoms. The summed E-state index contributed by atoms with van der Waals surface area (Å²) < 4.78 is 26.8. The minimum atomic E-state index is -3.38. The van der Waals surface area contributed by atoms with Crippen molar-refractivity contribution in [2.75, 3.05) is 13.1 Å². The molecule has 6 heteroatoms. The first-order chi connectivity index (χ1) is 14.0. The Morgan fingerprint density at radius 1 is 0.931 bits per heavy atom. The molecule has 154 valence electrons. The molecule has 0 aromatic heterocycles. The van der Waals surface area contributed by atoms with E-state index in [4.69, 9.17) is 0 Å². The van der Waals surface area contributed by atoms with Crippen LogP contribution in [0.3, 0.4) is 0 Å². The molecule has 1 saturated carbocycles. The van der Waals surface area contributed by atoms with Gasteiger partial charge in [-0.2, -0.15) is 4.31 Å². The Kier molecular flexibility index (Phi) is 5.74. The third-order valence-corrected chi connectivity index (χ3v) is 8.09. The first kappa shape index (κ1) is 20.1. The minimum Gasteiger partial charge on any atom is -0.347 e. The lowest BCUT2D eigenvalue weighted by molar-refractivity contribution is -0.124. The summed E-state index contributed by atoms with van der Waals surface area (Å²) in [5, 5.41) is 3.25. The topological polar surface area (TPSA) is 66.5 Å². The monoisotopic (exact) mass is 412 g/mol. The summed E-state index contributed by atoms with van der Waals surface area (Å²) in [4.78, 5) is 12.9. The van der Waals surface area contributed by atoms with Gasteiger partial charge in [0.15, 0.2) is 0 Å². The van der Waals surface area contributed by atoms with E-state index >= 15 is 0 Å². The number of rotatable bonds is 7. The summed E-state index contributed by atoms with van der Waals surface area (Å²) in [6.07, 6.45) is 5.93. The van der Waals surface area contributed by atoms with Gasteiger partial charge >= 0.3 is 0 Å². The molecular weight excluding hydrogens is 384 g/mol. The van der Waals surface area contributed by atoms with Gasteiger partial charge in [0.2, 0.25) is 15.9 Å². The number of nitrogens with one attached hydrogen (secondary N) is 1. The van der Waals surface area contributed by atoms with Gasteiger partial charge in [-0.05, 0) is 61.8 Å². The summed E-state index contributed by atoms with van der Waals surface area (Å²) in [5.41, 5.74) is 1.94. The lowest BCUT2D eigenvalue weighted by Crippen LogP contribution is -2.50. The molecule has 5 nitrogen and oxygen atoms in total. The molecule has 0 spiro atoms. The molecule has 2 fully saturated rings. The highest BCUT2D eigenvalue weighted by molar-refractivity contribution is 7.89. The Bertz CT molecular complexity index is 945. The van der Waals surface area contributed by atoms with Crippen LogP contribution in [0.5, 0.6) is 0 Å². The van der Waals surface area contributed by atoms with E-state index in [-0.39, 0.29) is 11.4 Å². The molecule has 1 heterocycles. The highest BCUT2D eigenvalue weighted by Crippen LogP contribution is 2.41. The van der Waals surface area contributed by atoms with Crippen LogP contribution in [0, 0.1) is 0 Å². The van der Waals surface area contributed by atoms with Gasteiger partial charge in [0.25, 0.3) is 0 Å². The predicted molar refractivity (Wildman–Crippen MR) is 113 cm³/mol. The van der Waals surface area contributed by atoms with Gasteiger partial charge in [-0.3, -0.25) is 4.79 Å². The minimum absolute atomic E-state index is 0.0438. The molecule has 0 unspecified atom stereocenters. The van der Waals surface area contributed by atoms with Crippen molar-refractivity contribution in [3.63, 3.8) is 0 Å². The fourth-order valence-electron chi connectivity index (χ4n) is 4.27. The smallest absolute Gasteiger partial charge is 0.243 e. The quantitative estimate of drug-likeness (QED) is 0.756. The molecule has 1 amide bonds.